The van der Waals surface area contributed by atoms with E-state index in [0.717, 1.165) is 19.3 Å². The Morgan fingerprint density at radius 1 is 0.973 bits per heavy atom. The van der Waals surface area contributed by atoms with Gasteiger partial charge in [-0.25, -0.2) is 0 Å². The van der Waals surface area contributed by atoms with Crippen LogP contribution in [0.1, 0.15) is 44.3 Å². The topological polar surface area (TPSA) is 77.8 Å². The van der Waals surface area contributed by atoms with Crippen LogP contribution in [0, 0.1) is 17.8 Å². The number of hydrogen-bond donors (Lipinski definition) is 1. The zero-order chi connectivity index (χ0) is 25.8. The van der Waals surface area contributed by atoms with Gasteiger partial charge in [-0.15, -0.1) is 0 Å². The number of nitrogens with one attached hydrogen (secondary N) is 1. The number of carbonyl (C=O) groups excluding carboxylic acids is 1. The number of hydrogen-bond acceptors (Lipinski definition) is 5. The second-order valence-corrected chi connectivity index (χ2v) is 10.7. The second kappa shape index (κ2) is 8.82. The molecule has 2 aromatic carbocycles. The molecule has 3 aromatic rings. The van der Waals surface area contributed by atoms with Crippen molar-refractivity contribution in [2.24, 2.45) is 17.8 Å². The first kappa shape index (κ1) is 23.9. The molecule has 7 rings (SSSR count). The fraction of sp³-hybridized carbons (Fsp3) is 0.429. The summed E-state index contributed by atoms with van der Waals surface area (Å²) < 4.78 is 57.3. The summed E-state index contributed by atoms with van der Waals surface area (Å²) in [7, 11) is 0. The minimum Gasteiger partial charge on any atom is -0.484 e. The van der Waals surface area contributed by atoms with E-state index in [0.29, 0.717) is 17.8 Å². The summed E-state index contributed by atoms with van der Waals surface area (Å²) in [6, 6.07) is 11.6. The Morgan fingerprint density at radius 3 is 2.24 bits per heavy atom. The summed E-state index contributed by atoms with van der Waals surface area (Å²) in [4.78, 5) is 25.7. The highest BCUT2D eigenvalue weighted by atomic mass is 19.4. The lowest BCUT2D eigenvalue weighted by Crippen LogP contribution is -2.60. The van der Waals surface area contributed by atoms with Crippen LogP contribution < -0.4 is 20.2 Å². The highest BCUT2D eigenvalue weighted by Crippen LogP contribution is 2.55. The number of amides is 1. The number of benzene rings is 2. The molecule has 1 amide bonds. The van der Waals surface area contributed by atoms with Gasteiger partial charge in [-0.3, -0.25) is 9.59 Å². The Bertz CT molecular complexity index is 1360. The van der Waals surface area contributed by atoms with Gasteiger partial charge in [0.05, 0.1) is 5.39 Å². The van der Waals surface area contributed by atoms with Crippen molar-refractivity contribution in [3.8, 4) is 17.2 Å². The lowest BCUT2D eigenvalue weighted by Gasteiger charge is -2.56. The van der Waals surface area contributed by atoms with Gasteiger partial charge in [0.2, 0.25) is 11.2 Å². The van der Waals surface area contributed by atoms with E-state index in [1.165, 1.54) is 49.6 Å². The summed E-state index contributed by atoms with van der Waals surface area (Å²) in [5.74, 6) is -0.504. The molecular formula is C28H26F3NO5. The lowest BCUT2D eigenvalue weighted by atomic mass is 9.53. The predicted octanol–water partition coefficient (Wildman–Crippen LogP) is 6.07. The van der Waals surface area contributed by atoms with Crippen molar-refractivity contribution in [1.29, 1.82) is 0 Å². The SMILES string of the molecule is O=C(COc1ccc2c(=O)c(Oc3ccccc3)c(C(F)(F)F)oc2c1)NC12CC3CC(CC(C3)C1)C2. The van der Waals surface area contributed by atoms with Crippen LogP contribution in [-0.2, 0) is 11.0 Å². The van der Waals surface area contributed by atoms with E-state index in [9.17, 15) is 22.8 Å². The number of fused-ring (bicyclic) bond motifs is 1. The average Bonchev–Trinajstić information content (AvgIpc) is 2.83. The standard InChI is InChI=1S/C28H26F3NO5/c29-28(30,31)26-25(36-19-4-2-1-3-5-19)24(34)21-7-6-20(11-22(21)37-26)35-15-23(33)32-27-12-16-8-17(13-27)10-18(9-16)14-27/h1-7,11,16-18H,8-10,12-15H2,(H,32,33). The zero-order valence-corrected chi connectivity index (χ0v) is 20.0. The molecule has 0 radical (unpaired) electrons. The Balaban J connectivity index is 1.21. The van der Waals surface area contributed by atoms with Crippen molar-refractivity contribution in [3.05, 3.63) is 64.5 Å². The normalized spacial score (nSPS) is 26.3. The van der Waals surface area contributed by atoms with Crippen molar-refractivity contribution in [1.82, 2.24) is 5.32 Å². The van der Waals surface area contributed by atoms with Gasteiger partial charge in [0.1, 0.15) is 17.1 Å². The number of rotatable bonds is 6. The molecule has 1 N–H and O–H groups in total. The molecular weight excluding hydrogens is 487 g/mol. The monoisotopic (exact) mass is 513 g/mol. The molecule has 0 saturated heterocycles. The maximum Gasteiger partial charge on any atom is 0.453 e. The summed E-state index contributed by atoms with van der Waals surface area (Å²) in [5, 5.41) is 3.10. The van der Waals surface area contributed by atoms with Gasteiger partial charge in [0.15, 0.2) is 6.61 Å². The van der Waals surface area contributed by atoms with Gasteiger partial charge in [-0.05, 0) is 80.5 Å². The van der Waals surface area contributed by atoms with Gasteiger partial charge in [0.25, 0.3) is 11.7 Å². The van der Waals surface area contributed by atoms with Crippen molar-refractivity contribution in [2.75, 3.05) is 6.61 Å². The molecule has 194 valence electrons. The average molecular weight is 514 g/mol. The van der Waals surface area contributed by atoms with E-state index in [2.05, 4.69) is 5.32 Å². The van der Waals surface area contributed by atoms with Crippen LogP contribution in [0.5, 0.6) is 17.2 Å². The number of halogens is 3. The van der Waals surface area contributed by atoms with Gasteiger partial charge in [-0.2, -0.15) is 13.2 Å². The number of para-hydroxylation sites is 1. The summed E-state index contributed by atoms with van der Waals surface area (Å²) in [6.45, 7) is -0.279. The maximum atomic E-state index is 13.8. The molecule has 4 bridgehead atoms. The van der Waals surface area contributed by atoms with E-state index in [1.807, 2.05) is 0 Å². The molecule has 4 saturated carbocycles. The molecule has 6 nitrogen and oxygen atoms in total. The lowest BCUT2D eigenvalue weighted by molar-refractivity contribution is -0.154. The van der Waals surface area contributed by atoms with E-state index >= 15 is 0 Å². The second-order valence-electron chi connectivity index (χ2n) is 10.7. The summed E-state index contributed by atoms with van der Waals surface area (Å²) in [6.07, 6.45) is 1.80. The number of carbonyl (C=O) groups is 1. The summed E-state index contributed by atoms with van der Waals surface area (Å²) >= 11 is 0. The third-order valence-electron chi connectivity index (χ3n) is 7.86. The van der Waals surface area contributed by atoms with Crippen LogP contribution in [0.4, 0.5) is 13.2 Å². The molecule has 1 heterocycles. The Hall–Kier alpha value is -3.49. The molecule has 37 heavy (non-hydrogen) atoms. The first-order chi connectivity index (χ1) is 17.7. The fourth-order valence-corrected chi connectivity index (χ4v) is 6.88. The highest BCUT2D eigenvalue weighted by Gasteiger charge is 2.51. The third kappa shape index (κ3) is 4.67. The molecule has 0 atom stereocenters. The Kier molecular flexibility index (Phi) is 5.69. The van der Waals surface area contributed by atoms with E-state index in [-0.39, 0.29) is 40.5 Å². The summed E-state index contributed by atoms with van der Waals surface area (Å²) in [5.41, 5.74) is -1.43. The van der Waals surface area contributed by atoms with Crippen molar-refractivity contribution >= 4 is 16.9 Å². The van der Waals surface area contributed by atoms with Crippen LogP contribution in [0.15, 0.2) is 57.7 Å². The molecule has 0 spiro atoms. The van der Waals surface area contributed by atoms with Crippen molar-refractivity contribution in [3.63, 3.8) is 0 Å². The Morgan fingerprint density at radius 2 is 1.62 bits per heavy atom. The minimum atomic E-state index is -4.97. The molecule has 4 aliphatic carbocycles. The number of alkyl halides is 3. The highest BCUT2D eigenvalue weighted by molar-refractivity contribution is 5.81. The van der Waals surface area contributed by atoms with E-state index in [4.69, 9.17) is 13.9 Å². The van der Waals surface area contributed by atoms with Crippen LogP contribution in [0.25, 0.3) is 11.0 Å². The smallest absolute Gasteiger partial charge is 0.453 e. The molecule has 0 unspecified atom stereocenters. The minimum absolute atomic E-state index is 0.0737. The maximum absolute atomic E-state index is 13.8. The predicted molar refractivity (Wildman–Crippen MR) is 129 cm³/mol. The van der Waals surface area contributed by atoms with Crippen molar-refractivity contribution < 1.29 is 31.9 Å². The van der Waals surface area contributed by atoms with E-state index < -0.39 is 23.1 Å². The van der Waals surface area contributed by atoms with Crippen LogP contribution in [-0.4, -0.2) is 18.1 Å². The quantitative estimate of drug-likeness (QED) is 0.433. The molecule has 4 aliphatic rings. The third-order valence-corrected chi connectivity index (χ3v) is 7.86. The van der Waals surface area contributed by atoms with Gasteiger partial charge < -0.3 is 19.2 Å². The van der Waals surface area contributed by atoms with Crippen LogP contribution >= 0.6 is 0 Å². The zero-order valence-electron chi connectivity index (χ0n) is 20.0. The molecule has 4 fully saturated rings. The van der Waals surface area contributed by atoms with Gasteiger partial charge in [0, 0.05) is 11.6 Å². The molecule has 9 heteroatoms. The largest absolute Gasteiger partial charge is 0.484 e. The van der Waals surface area contributed by atoms with E-state index in [1.54, 1.807) is 18.2 Å². The Labute approximate surface area is 210 Å². The van der Waals surface area contributed by atoms with Crippen molar-refractivity contribution in [2.45, 2.75) is 50.2 Å². The van der Waals surface area contributed by atoms with Gasteiger partial charge in [-0.1, -0.05) is 18.2 Å². The van der Waals surface area contributed by atoms with Crippen LogP contribution in [0.2, 0.25) is 0 Å². The first-order valence-corrected chi connectivity index (χ1v) is 12.5. The molecule has 1 aromatic heterocycles. The van der Waals surface area contributed by atoms with Gasteiger partial charge >= 0.3 is 6.18 Å². The number of ether oxygens (including phenoxy) is 2. The van der Waals surface area contributed by atoms with Crippen LogP contribution in [0.3, 0.4) is 0 Å². The molecule has 0 aliphatic heterocycles. The fourth-order valence-electron chi connectivity index (χ4n) is 6.88. The first-order valence-electron chi connectivity index (χ1n) is 12.5.